The SMILES string of the molecule is O=C(O)c1ccnc(OCC2CCOC2)c1F. The molecule has 1 aromatic heterocycles. The standard InChI is InChI=1S/C11H12FNO4/c12-9-8(11(14)15)1-3-13-10(9)17-6-7-2-4-16-5-7/h1,3,7H,2,4-6H2,(H,14,15). The first kappa shape index (κ1) is 11.8. The molecule has 17 heavy (non-hydrogen) atoms. The smallest absolute Gasteiger partial charge is 0.338 e. The van der Waals surface area contributed by atoms with Gasteiger partial charge in [-0.3, -0.25) is 0 Å². The van der Waals surface area contributed by atoms with Crippen molar-refractivity contribution in [2.45, 2.75) is 6.42 Å². The summed E-state index contributed by atoms with van der Waals surface area (Å²) in [7, 11) is 0. The Balaban J connectivity index is 2.04. The molecule has 0 aliphatic carbocycles. The van der Waals surface area contributed by atoms with Crippen LogP contribution >= 0.6 is 0 Å². The molecule has 6 heteroatoms. The molecule has 0 bridgehead atoms. The number of carboxylic acids is 1. The van der Waals surface area contributed by atoms with Gasteiger partial charge < -0.3 is 14.6 Å². The molecule has 1 aliphatic rings. The van der Waals surface area contributed by atoms with Crippen molar-refractivity contribution in [3.63, 3.8) is 0 Å². The van der Waals surface area contributed by atoms with Crippen molar-refractivity contribution >= 4 is 5.97 Å². The van der Waals surface area contributed by atoms with Gasteiger partial charge in [0.2, 0.25) is 0 Å². The van der Waals surface area contributed by atoms with Crippen LogP contribution in [0.4, 0.5) is 4.39 Å². The van der Waals surface area contributed by atoms with Crippen LogP contribution in [0.5, 0.6) is 5.88 Å². The summed E-state index contributed by atoms with van der Waals surface area (Å²) in [6, 6.07) is 1.10. The van der Waals surface area contributed by atoms with E-state index in [2.05, 4.69) is 4.98 Å². The molecule has 0 radical (unpaired) electrons. The van der Waals surface area contributed by atoms with Gasteiger partial charge in [0.1, 0.15) is 5.56 Å². The Kier molecular flexibility index (Phi) is 3.53. The van der Waals surface area contributed by atoms with Crippen LogP contribution in [0.3, 0.4) is 0 Å². The number of rotatable bonds is 4. The van der Waals surface area contributed by atoms with Crippen LogP contribution in [0.2, 0.25) is 0 Å². The van der Waals surface area contributed by atoms with E-state index >= 15 is 0 Å². The van der Waals surface area contributed by atoms with E-state index in [1.54, 1.807) is 0 Å². The van der Waals surface area contributed by atoms with Crippen LogP contribution in [0, 0.1) is 11.7 Å². The van der Waals surface area contributed by atoms with Crippen LogP contribution in [-0.2, 0) is 4.74 Å². The number of pyridine rings is 1. The number of aromatic carboxylic acids is 1. The van der Waals surface area contributed by atoms with Crippen LogP contribution in [0.15, 0.2) is 12.3 Å². The van der Waals surface area contributed by atoms with Gasteiger partial charge in [0.25, 0.3) is 5.88 Å². The predicted octanol–water partition coefficient (Wildman–Crippen LogP) is 1.33. The topological polar surface area (TPSA) is 68.7 Å². The highest BCUT2D eigenvalue weighted by Crippen LogP contribution is 2.19. The van der Waals surface area contributed by atoms with Crippen molar-refractivity contribution in [2.75, 3.05) is 19.8 Å². The van der Waals surface area contributed by atoms with Gasteiger partial charge >= 0.3 is 5.97 Å². The van der Waals surface area contributed by atoms with Crippen molar-refractivity contribution in [3.05, 3.63) is 23.6 Å². The molecule has 1 unspecified atom stereocenters. The van der Waals surface area contributed by atoms with Crippen LogP contribution in [-0.4, -0.2) is 35.9 Å². The fraction of sp³-hybridized carbons (Fsp3) is 0.455. The molecule has 0 amide bonds. The predicted molar refractivity (Wildman–Crippen MR) is 55.6 cm³/mol. The lowest BCUT2D eigenvalue weighted by Gasteiger charge is -2.10. The second-order valence-electron chi connectivity index (χ2n) is 3.82. The summed E-state index contributed by atoms with van der Waals surface area (Å²) in [4.78, 5) is 14.4. The third-order valence-corrected chi connectivity index (χ3v) is 2.57. The minimum atomic E-state index is -1.33. The maximum absolute atomic E-state index is 13.6. The molecule has 1 N–H and O–H groups in total. The van der Waals surface area contributed by atoms with Crippen molar-refractivity contribution in [2.24, 2.45) is 5.92 Å². The third-order valence-electron chi connectivity index (χ3n) is 2.57. The van der Waals surface area contributed by atoms with Crippen LogP contribution < -0.4 is 4.74 Å². The molecule has 2 rings (SSSR count). The highest BCUT2D eigenvalue weighted by molar-refractivity contribution is 5.88. The fourth-order valence-corrected chi connectivity index (χ4v) is 1.60. The van der Waals surface area contributed by atoms with Crippen molar-refractivity contribution in [1.29, 1.82) is 0 Å². The van der Waals surface area contributed by atoms with E-state index in [1.165, 1.54) is 6.20 Å². The molecule has 1 saturated heterocycles. The van der Waals surface area contributed by atoms with E-state index in [-0.39, 0.29) is 18.4 Å². The molecule has 0 spiro atoms. The average molecular weight is 241 g/mol. The summed E-state index contributed by atoms with van der Waals surface area (Å²) in [6.07, 6.45) is 2.08. The van der Waals surface area contributed by atoms with Crippen molar-refractivity contribution in [1.82, 2.24) is 4.98 Å². The van der Waals surface area contributed by atoms with E-state index in [0.29, 0.717) is 13.2 Å². The zero-order valence-corrected chi connectivity index (χ0v) is 9.06. The second-order valence-corrected chi connectivity index (χ2v) is 3.82. The largest absolute Gasteiger partial charge is 0.478 e. The van der Waals surface area contributed by atoms with Gasteiger partial charge in [0.15, 0.2) is 5.82 Å². The average Bonchev–Trinajstić information content (AvgIpc) is 2.80. The first-order valence-corrected chi connectivity index (χ1v) is 5.27. The molecule has 0 saturated carbocycles. The molecule has 1 fully saturated rings. The maximum atomic E-state index is 13.6. The summed E-state index contributed by atoms with van der Waals surface area (Å²) in [6.45, 7) is 1.55. The molecular weight excluding hydrogens is 229 g/mol. The molecule has 1 aliphatic heterocycles. The van der Waals surface area contributed by atoms with E-state index in [0.717, 1.165) is 12.5 Å². The number of carbonyl (C=O) groups is 1. The summed E-state index contributed by atoms with van der Waals surface area (Å²) in [5.41, 5.74) is -0.433. The zero-order chi connectivity index (χ0) is 12.3. The van der Waals surface area contributed by atoms with Gasteiger partial charge in [-0.1, -0.05) is 0 Å². The minimum Gasteiger partial charge on any atom is -0.478 e. The van der Waals surface area contributed by atoms with E-state index in [1.807, 2.05) is 0 Å². The van der Waals surface area contributed by atoms with E-state index < -0.39 is 17.3 Å². The van der Waals surface area contributed by atoms with Crippen LogP contribution in [0.1, 0.15) is 16.8 Å². The summed E-state index contributed by atoms with van der Waals surface area (Å²) < 4.78 is 23.9. The molecule has 0 aromatic carbocycles. The Morgan fingerprint density at radius 2 is 2.53 bits per heavy atom. The van der Waals surface area contributed by atoms with E-state index in [9.17, 15) is 9.18 Å². The Bertz CT molecular complexity index is 418. The number of carboxylic acid groups (broad SMARTS) is 1. The molecule has 5 nitrogen and oxygen atoms in total. The quantitative estimate of drug-likeness (QED) is 0.861. The van der Waals surface area contributed by atoms with Gasteiger partial charge in [-0.2, -0.15) is 0 Å². The lowest BCUT2D eigenvalue weighted by molar-refractivity contribution is 0.0690. The second kappa shape index (κ2) is 5.09. The van der Waals surface area contributed by atoms with Gasteiger partial charge in [0, 0.05) is 18.7 Å². The summed E-state index contributed by atoms with van der Waals surface area (Å²) in [5, 5.41) is 8.73. The molecular formula is C11H12FNO4. The number of nitrogens with zero attached hydrogens (tertiary/aromatic N) is 1. The Morgan fingerprint density at radius 1 is 1.71 bits per heavy atom. The first-order chi connectivity index (χ1) is 8.18. The number of hydrogen-bond donors (Lipinski definition) is 1. The number of ether oxygens (including phenoxy) is 2. The number of aromatic nitrogens is 1. The van der Waals surface area contributed by atoms with Crippen molar-refractivity contribution < 1.29 is 23.8 Å². The van der Waals surface area contributed by atoms with Gasteiger partial charge in [0.05, 0.1) is 13.2 Å². The normalized spacial score (nSPS) is 19.2. The van der Waals surface area contributed by atoms with E-state index in [4.69, 9.17) is 14.6 Å². The Labute approximate surface area is 97.2 Å². The number of halogens is 1. The van der Waals surface area contributed by atoms with Gasteiger partial charge in [-0.05, 0) is 12.5 Å². The third kappa shape index (κ3) is 2.71. The maximum Gasteiger partial charge on any atom is 0.338 e. The summed E-state index contributed by atoms with van der Waals surface area (Å²) >= 11 is 0. The Hall–Kier alpha value is -1.69. The first-order valence-electron chi connectivity index (χ1n) is 5.27. The summed E-state index contributed by atoms with van der Waals surface area (Å²) in [5.74, 6) is -2.32. The van der Waals surface area contributed by atoms with Crippen LogP contribution in [0.25, 0.3) is 0 Å². The molecule has 1 atom stereocenters. The highest BCUT2D eigenvalue weighted by atomic mass is 19.1. The molecule has 1 aromatic rings. The minimum absolute atomic E-state index is 0.213. The lowest BCUT2D eigenvalue weighted by atomic mass is 10.1. The lowest BCUT2D eigenvalue weighted by Crippen LogP contribution is -2.14. The fourth-order valence-electron chi connectivity index (χ4n) is 1.60. The van der Waals surface area contributed by atoms with Crippen molar-refractivity contribution in [3.8, 4) is 5.88 Å². The zero-order valence-electron chi connectivity index (χ0n) is 9.06. The number of hydrogen-bond acceptors (Lipinski definition) is 4. The monoisotopic (exact) mass is 241 g/mol. The molecule has 92 valence electrons. The highest BCUT2D eigenvalue weighted by Gasteiger charge is 2.20. The van der Waals surface area contributed by atoms with Gasteiger partial charge in [-0.25, -0.2) is 14.2 Å². The molecule has 2 heterocycles. The van der Waals surface area contributed by atoms with Gasteiger partial charge in [-0.15, -0.1) is 0 Å². The Morgan fingerprint density at radius 3 is 3.18 bits per heavy atom.